The lowest BCUT2D eigenvalue weighted by Gasteiger charge is -2.37. The number of unbranched alkanes of at least 4 members (excludes halogenated alkanes) is 1. The zero-order valence-corrected chi connectivity index (χ0v) is 29.6. The molecule has 0 saturated heterocycles. The van der Waals surface area contributed by atoms with Crippen molar-refractivity contribution in [1.82, 2.24) is 5.32 Å². The van der Waals surface area contributed by atoms with Gasteiger partial charge in [0.05, 0.1) is 50.9 Å². The number of benzene rings is 3. The van der Waals surface area contributed by atoms with Gasteiger partial charge in [0.1, 0.15) is 11.5 Å². The number of methoxy groups -OCH3 is 2. The third-order valence-corrected chi connectivity index (χ3v) is 8.66. The van der Waals surface area contributed by atoms with Gasteiger partial charge in [0.15, 0.2) is 11.5 Å². The number of allylic oxidation sites excluding steroid dienone is 2. The first-order valence-corrected chi connectivity index (χ1v) is 17.0. The summed E-state index contributed by atoms with van der Waals surface area (Å²) in [5.41, 5.74) is 3.46. The van der Waals surface area contributed by atoms with Gasteiger partial charge in [-0.2, -0.15) is 5.10 Å². The Hall–Kier alpha value is -5.70. The van der Waals surface area contributed by atoms with Crippen molar-refractivity contribution in [1.29, 1.82) is 0 Å². The van der Waals surface area contributed by atoms with Gasteiger partial charge in [0.25, 0.3) is 5.91 Å². The molecule has 0 radical (unpaired) electrons. The van der Waals surface area contributed by atoms with Gasteiger partial charge in [-0.1, -0.05) is 18.2 Å². The molecule has 0 saturated carbocycles. The van der Waals surface area contributed by atoms with Crippen LogP contribution in [0.1, 0.15) is 48.5 Å². The summed E-state index contributed by atoms with van der Waals surface area (Å²) in [6.07, 6.45) is 7.67. The summed E-state index contributed by atoms with van der Waals surface area (Å²) in [5.74, 6) is -0.755. The minimum Gasteiger partial charge on any atom is -0.508 e. The van der Waals surface area contributed by atoms with E-state index in [0.29, 0.717) is 72.3 Å². The van der Waals surface area contributed by atoms with E-state index in [4.69, 9.17) is 29.5 Å². The molecule has 282 valence electrons. The van der Waals surface area contributed by atoms with Crippen molar-refractivity contribution < 1.29 is 54.1 Å². The molecule has 0 fully saturated rings. The Morgan fingerprint density at radius 2 is 1.60 bits per heavy atom. The van der Waals surface area contributed by atoms with E-state index in [9.17, 15) is 29.7 Å². The minimum atomic E-state index is -1.26. The standard InChI is InChI=1S/C35H41N3O7.C4H4O4/c1-43-32-16-10-24(20-33(32)44-2)34-28-7-3-4-8-29(28)35(42)38(37-34)26-11-13-27(14-12-26)45-18-6-5-17-36-21-31(41)23-9-15-30(40)25(19-23)22-39;5-3(6)1-2-4(7)8/h3-4,9-16,19-20,28-29,31,36,39-41H,5-8,17-18,21-22H2,1-2H3;1-2H,(H,5,6)(H,7,8)/t28-,29+,31?;/m0./s1. The molecule has 0 spiro atoms. The van der Waals surface area contributed by atoms with Crippen molar-refractivity contribution in [3.8, 4) is 23.0 Å². The number of aliphatic hydroxyl groups excluding tert-OH is 2. The number of anilines is 1. The first-order chi connectivity index (χ1) is 25.6. The first-order valence-electron chi connectivity index (χ1n) is 17.0. The number of carboxylic acid groups (broad SMARTS) is 2. The summed E-state index contributed by atoms with van der Waals surface area (Å²) in [4.78, 5) is 32.7. The fourth-order valence-corrected chi connectivity index (χ4v) is 5.89. The average Bonchev–Trinajstić information content (AvgIpc) is 3.17. The van der Waals surface area contributed by atoms with Gasteiger partial charge in [0.2, 0.25) is 0 Å². The predicted molar refractivity (Wildman–Crippen MR) is 196 cm³/mol. The number of hydrogen-bond acceptors (Lipinski definition) is 11. The van der Waals surface area contributed by atoms with E-state index in [1.165, 1.54) is 11.1 Å². The fraction of sp³-hybridized carbons (Fsp3) is 0.333. The van der Waals surface area contributed by atoms with Gasteiger partial charge in [-0.05, 0) is 92.4 Å². The molecule has 1 aliphatic carbocycles. The minimum absolute atomic E-state index is 0.0101. The summed E-state index contributed by atoms with van der Waals surface area (Å²) in [5, 5.41) is 54.6. The Balaban J connectivity index is 0.000000703. The van der Waals surface area contributed by atoms with Crippen LogP contribution in [0.3, 0.4) is 0 Å². The van der Waals surface area contributed by atoms with Crippen LogP contribution in [0, 0.1) is 11.8 Å². The molecule has 3 atom stereocenters. The Labute approximate surface area is 307 Å². The number of hydrogen-bond donors (Lipinski definition) is 6. The molecule has 14 heteroatoms. The second-order valence-electron chi connectivity index (χ2n) is 12.2. The molecular formula is C39H45N3O11. The van der Waals surface area contributed by atoms with E-state index in [2.05, 4.69) is 17.5 Å². The molecule has 1 amide bonds. The molecule has 14 nitrogen and oxygen atoms in total. The number of fused-ring (bicyclic) bond motifs is 1. The number of aromatic hydroxyl groups is 1. The van der Waals surface area contributed by atoms with Crippen molar-refractivity contribution >= 4 is 29.2 Å². The second kappa shape index (κ2) is 19.8. The van der Waals surface area contributed by atoms with Gasteiger partial charge in [-0.3, -0.25) is 4.79 Å². The monoisotopic (exact) mass is 731 g/mol. The Morgan fingerprint density at radius 3 is 2.25 bits per heavy atom. The van der Waals surface area contributed by atoms with E-state index < -0.39 is 18.0 Å². The number of carbonyl (C=O) groups is 3. The maximum absolute atomic E-state index is 13.6. The lowest BCUT2D eigenvalue weighted by Crippen LogP contribution is -2.45. The molecule has 0 bridgehead atoms. The third kappa shape index (κ3) is 11.1. The smallest absolute Gasteiger partial charge is 0.328 e. The van der Waals surface area contributed by atoms with Crippen molar-refractivity contribution in [2.75, 3.05) is 38.9 Å². The number of aliphatic carboxylic acids is 2. The highest BCUT2D eigenvalue weighted by Crippen LogP contribution is 2.38. The van der Waals surface area contributed by atoms with E-state index in [0.717, 1.165) is 30.5 Å². The summed E-state index contributed by atoms with van der Waals surface area (Å²) >= 11 is 0. The van der Waals surface area contributed by atoms with Crippen molar-refractivity contribution in [2.45, 2.75) is 38.4 Å². The molecule has 1 aliphatic heterocycles. The number of nitrogens with one attached hydrogen (secondary N) is 1. The van der Waals surface area contributed by atoms with Crippen LogP contribution in [0.2, 0.25) is 0 Å². The van der Waals surface area contributed by atoms with E-state index >= 15 is 0 Å². The van der Waals surface area contributed by atoms with Crippen LogP contribution < -0.4 is 24.5 Å². The lowest BCUT2D eigenvalue weighted by molar-refractivity contribution is -0.134. The summed E-state index contributed by atoms with van der Waals surface area (Å²) < 4.78 is 16.9. The topological polar surface area (TPSA) is 208 Å². The number of ether oxygens (including phenoxy) is 3. The highest BCUT2D eigenvalue weighted by molar-refractivity contribution is 6.11. The van der Waals surface area contributed by atoms with Gasteiger partial charge in [-0.25, -0.2) is 14.6 Å². The molecule has 3 aromatic rings. The predicted octanol–water partition coefficient (Wildman–Crippen LogP) is 4.43. The van der Waals surface area contributed by atoms with Gasteiger partial charge in [0, 0.05) is 35.7 Å². The molecule has 6 N–H and O–H groups in total. The average molecular weight is 732 g/mol. The highest BCUT2D eigenvalue weighted by atomic mass is 16.5. The molecule has 1 unspecified atom stereocenters. The number of amides is 1. The quantitative estimate of drug-likeness (QED) is 0.0688. The molecule has 3 aromatic carbocycles. The molecule has 2 aliphatic rings. The van der Waals surface area contributed by atoms with Crippen LogP contribution >= 0.6 is 0 Å². The van der Waals surface area contributed by atoms with Gasteiger partial charge < -0.3 is 45.1 Å². The summed E-state index contributed by atoms with van der Waals surface area (Å²) in [7, 11) is 3.21. The molecule has 1 heterocycles. The summed E-state index contributed by atoms with van der Waals surface area (Å²) in [6.45, 7) is 1.31. The van der Waals surface area contributed by atoms with Gasteiger partial charge in [-0.15, -0.1) is 0 Å². The summed E-state index contributed by atoms with van der Waals surface area (Å²) in [6, 6.07) is 17.9. The van der Waals surface area contributed by atoms with Crippen LogP contribution in [0.25, 0.3) is 0 Å². The number of nitrogens with zero attached hydrogens (tertiary/aromatic N) is 2. The maximum atomic E-state index is 13.6. The Bertz CT molecular complexity index is 1790. The number of aliphatic hydroxyl groups is 2. The van der Waals surface area contributed by atoms with Crippen LogP contribution in [0.5, 0.6) is 23.0 Å². The zero-order chi connectivity index (χ0) is 38.3. The number of carbonyl (C=O) groups excluding carboxylic acids is 1. The SMILES string of the molecule is COc1ccc(C2=NN(c3ccc(OCCCCNCC(O)c4ccc(O)c(CO)c4)cc3)C(=O)[C@@H]3CC=CC[C@H]23)cc1OC.O=C(O)C=CC(=O)O. The van der Waals surface area contributed by atoms with Gasteiger partial charge >= 0.3 is 11.9 Å². The zero-order valence-electron chi connectivity index (χ0n) is 29.6. The number of hydrazone groups is 1. The molecule has 5 rings (SSSR count). The normalized spacial score (nSPS) is 16.9. The second-order valence-corrected chi connectivity index (χ2v) is 12.2. The van der Waals surface area contributed by atoms with E-state index in [-0.39, 0.29) is 30.1 Å². The molecule has 0 aromatic heterocycles. The van der Waals surface area contributed by atoms with Crippen LogP contribution in [-0.4, -0.2) is 83.0 Å². The fourth-order valence-electron chi connectivity index (χ4n) is 5.89. The maximum Gasteiger partial charge on any atom is 0.328 e. The van der Waals surface area contributed by atoms with Crippen LogP contribution in [0.4, 0.5) is 5.69 Å². The van der Waals surface area contributed by atoms with E-state index in [1.807, 2.05) is 42.5 Å². The largest absolute Gasteiger partial charge is 0.508 e. The number of phenols is 1. The van der Waals surface area contributed by atoms with Crippen molar-refractivity contribution in [3.63, 3.8) is 0 Å². The Kier molecular flexibility index (Phi) is 15.0. The number of rotatable bonds is 16. The molecule has 53 heavy (non-hydrogen) atoms. The third-order valence-electron chi connectivity index (χ3n) is 8.66. The van der Waals surface area contributed by atoms with Crippen molar-refractivity contribution in [3.05, 3.63) is 102 Å². The highest BCUT2D eigenvalue weighted by Gasteiger charge is 2.40. The first kappa shape index (κ1) is 40.1. The Morgan fingerprint density at radius 1 is 0.925 bits per heavy atom. The number of carboxylic acids is 2. The lowest BCUT2D eigenvalue weighted by atomic mass is 9.76. The van der Waals surface area contributed by atoms with Crippen LogP contribution in [-0.2, 0) is 21.0 Å². The van der Waals surface area contributed by atoms with Crippen LogP contribution in [0.15, 0.2) is 90.1 Å². The van der Waals surface area contributed by atoms with E-state index in [1.54, 1.807) is 26.4 Å². The van der Waals surface area contributed by atoms with Crippen molar-refractivity contribution in [2.24, 2.45) is 16.9 Å². The molecular weight excluding hydrogens is 686 g/mol.